The summed E-state index contributed by atoms with van der Waals surface area (Å²) in [6, 6.07) is 7.46. The molecule has 4 nitrogen and oxygen atoms in total. The number of fused-ring (bicyclic) bond motifs is 1. The molecule has 1 aliphatic carbocycles. The lowest BCUT2D eigenvalue weighted by Crippen LogP contribution is -2.38. The number of ether oxygens (including phenoxy) is 1. The minimum Gasteiger partial charge on any atom is -0.493 e. The summed E-state index contributed by atoms with van der Waals surface area (Å²) in [5.41, 5.74) is 2.72. The molecular formula is C18H25NO3S. The van der Waals surface area contributed by atoms with Crippen molar-refractivity contribution in [1.82, 2.24) is 4.90 Å². The van der Waals surface area contributed by atoms with Gasteiger partial charge in [-0.1, -0.05) is 12.1 Å². The molecule has 5 heteroatoms. The van der Waals surface area contributed by atoms with Crippen LogP contribution in [-0.2, 0) is 22.7 Å². The summed E-state index contributed by atoms with van der Waals surface area (Å²) < 4.78 is 29.1. The molecule has 0 bridgehead atoms. The van der Waals surface area contributed by atoms with E-state index in [1.54, 1.807) is 0 Å². The van der Waals surface area contributed by atoms with Crippen LogP contribution in [0.4, 0.5) is 0 Å². The van der Waals surface area contributed by atoms with E-state index in [9.17, 15) is 8.42 Å². The summed E-state index contributed by atoms with van der Waals surface area (Å²) >= 11 is 0. The fourth-order valence-electron chi connectivity index (χ4n) is 3.97. The third kappa shape index (κ3) is 3.56. The van der Waals surface area contributed by atoms with E-state index in [1.807, 2.05) is 0 Å². The van der Waals surface area contributed by atoms with E-state index >= 15 is 0 Å². The molecule has 0 radical (unpaired) electrons. The van der Waals surface area contributed by atoms with Crippen LogP contribution in [0.25, 0.3) is 0 Å². The van der Waals surface area contributed by atoms with E-state index in [4.69, 9.17) is 4.74 Å². The SMILES string of the molecule is O=S1(=O)CC[C@@H](N(CCCc2ccc3c(c2)CCO3)C2CC2)C1. The molecule has 0 spiro atoms. The number of hydrogen-bond donors (Lipinski definition) is 0. The van der Waals surface area contributed by atoms with Gasteiger partial charge < -0.3 is 4.74 Å². The standard InChI is InChI=1S/C18H25NO3S/c20-23(21)11-8-17(13-23)19(16-4-5-16)9-1-2-14-3-6-18-15(12-14)7-10-22-18/h3,6,12,16-17H,1-2,4-5,7-11,13H2/t17-/m1/s1. The second kappa shape index (κ2) is 6.10. The topological polar surface area (TPSA) is 46.6 Å². The van der Waals surface area contributed by atoms with Crippen LogP contribution in [0.3, 0.4) is 0 Å². The Kier molecular flexibility index (Phi) is 4.10. The zero-order chi connectivity index (χ0) is 15.9. The number of rotatable bonds is 6. The summed E-state index contributed by atoms with van der Waals surface area (Å²) in [7, 11) is -2.79. The Balaban J connectivity index is 1.34. The van der Waals surface area contributed by atoms with Crippen molar-refractivity contribution in [1.29, 1.82) is 0 Å². The minimum atomic E-state index is -2.79. The lowest BCUT2D eigenvalue weighted by Gasteiger charge is -2.28. The van der Waals surface area contributed by atoms with Gasteiger partial charge in [-0.2, -0.15) is 0 Å². The number of benzene rings is 1. The molecule has 23 heavy (non-hydrogen) atoms. The van der Waals surface area contributed by atoms with E-state index in [-0.39, 0.29) is 6.04 Å². The van der Waals surface area contributed by atoms with Crippen LogP contribution in [0.2, 0.25) is 0 Å². The number of sulfone groups is 1. The molecule has 3 aliphatic rings. The highest BCUT2D eigenvalue weighted by molar-refractivity contribution is 7.91. The fraction of sp³-hybridized carbons (Fsp3) is 0.667. The maximum absolute atomic E-state index is 11.8. The zero-order valence-electron chi connectivity index (χ0n) is 13.5. The van der Waals surface area contributed by atoms with Crippen molar-refractivity contribution < 1.29 is 13.2 Å². The van der Waals surface area contributed by atoms with Gasteiger partial charge in [-0.25, -0.2) is 8.42 Å². The Hall–Kier alpha value is -1.07. The molecule has 2 heterocycles. The summed E-state index contributed by atoms with van der Waals surface area (Å²) in [5.74, 6) is 1.80. The van der Waals surface area contributed by atoms with Gasteiger partial charge in [0.25, 0.3) is 0 Å². The second-order valence-corrected chi connectivity index (χ2v) is 9.40. The molecule has 1 saturated heterocycles. The van der Waals surface area contributed by atoms with Gasteiger partial charge in [0.1, 0.15) is 5.75 Å². The molecule has 1 aromatic carbocycles. The van der Waals surface area contributed by atoms with Crippen molar-refractivity contribution in [2.75, 3.05) is 24.7 Å². The van der Waals surface area contributed by atoms with Crippen molar-refractivity contribution in [2.45, 2.75) is 50.6 Å². The predicted octanol–water partition coefficient (Wildman–Crippen LogP) is 2.21. The maximum atomic E-state index is 11.8. The molecule has 126 valence electrons. The van der Waals surface area contributed by atoms with Crippen molar-refractivity contribution in [3.05, 3.63) is 29.3 Å². The average Bonchev–Trinajstić information content (AvgIpc) is 3.14. The zero-order valence-corrected chi connectivity index (χ0v) is 14.4. The molecule has 1 aromatic rings. The van der Waals surface area contributed by atoms with E-state index in [2.05, 4.69) is 23.1 Å². The van der Waals surface area contributed by atoms with E-state index in [0.717, 1.165) is 44.6 Å². The molecule has 0 unspecified atom stereocenters. The molecule has 0 N–H and O–H groups in total. The summed E-state index contributed by atoms with van der Waals surface area (Å²) in [4.78, 5) is 2.49. The van der Waals surface area contributed by atoms with Gasteiger partial charge in [-0.3, -0.25) is 4.90 Å². The largest absolute Gasteiger partial charge is 0.493 e. The van der Waals surface area contributed by atoms with Gasteiger partial charge in [0.2, 0.25) is 0 Å². The lowest BCUT2D eigenvalue weighted by atomic mass is 10.0. The van der Waals surface area contributed by atoms with Crippen LogP contribution >= 0.6 is 0 Å². The summed E-state index contributed by atoms with van der Waals surface area (Å²) in [6.07, 6.45) is 6.51. The van der Waals surface area contributed by atoms with Crippen molar-refractivity contribution in [3.63, 3.8) is 0 Å². The molecule has 2 fully saturated rings. The van der Waals surface area contributed by atoms with Crippen molar-refractivity contribution in [2.24, 2.45) is 0 Å². The van der Waals surface area contributed by atoms with Crippen molar-refractivity contribution >= 4 is 9.84 Å². The van der Waals surface area contributed by atoms with Gasteiger partial charge in [-0.05, 0) is 55.8 Å². The predicted molar refractivity (Wildman–Crippen MR) is 90.7 cm³/mol. The molecular weight excluding hydrogens is 310 g/mol. The molecule has 0 amide bonds. The average molecular weight is 335 g/mol. The van der Waals surface area contributed by atoms with Crippen LogP contribution < -0.4 is 4.74 Å². The highest BCUT2D eigenvalue weighted by Gasteiger charge is 2.39. The highest BCUT2D eigenvalue weighted by atomic mass is 32.2. The molecule has 1 atom stereocenters. The van der Waals surface area contributed by atoms with Crippen LogP contribution in [0.5, 0.6) is 5.75 Å². The minimum absolute atomic E-state index is 0.265. The van der Waals surface area contributed by atoms with Crippen LogP contribution in [0.15, 0.2) is 18.2 Å². The first-order valence-electron chi connectivity index (χ1n) is 8.81. The Morgan fingerprint density at radius 1 is 1.17 bits per heavy atom. The third-order valence-electron chi connectivity index (χ3n) is 5.33. The Bertz CT molecular complexity index is 682. The molecule has 0 aromatic heterocycles. The van der Waals surface area contributed by atoms with Gasteiger partial charge in [0, 0.05) is 18.5 Å². The second-order valence-electron chi connectivity index (χ2n) is 7.17. The molecule has 2 aliphatic heterocycles. The Morgan fingerprint density at radius 3 is 2.78 bits per heavy atom. The van der Waals surface area contributed by atoms with Gasteiger partial charge >= 0.3 is 0 Å². The maximum Gasteiger partial charge on any atom is 0.151 e. The quantitative estimate of drug-likeness (QED) is 0.800. The molecule has 1 saturated carbocycles. The lowest BCUT2D eigenvalue weighted by molar-refractivity contribution is 0.199. The van der Waals surface area contributed by atoms with E-state index in [0.29, 0.717) is 17.5 Å². The molecule has 4 rings (SSSR count). The van der Waals surface area contributed by atoms with Gasteiger partial charge in [0.15, 0.2) is 9.84 Å². The first-order valence-corrected chi connectivity index (χ1v) is 10.6. The van der Waals surface area contributed by atoms with E-state index < -0.39 is 9.84 Å². The monoisotopic (exact) mass is 335 g/mol. The van der Waals surface area contributed by atoms with Crippen LogP contribution in [0, 0.1) is 0 Å². The highest BCUT2D eigenvalue weighted by Crippen LogP contribution is 2.32. The van der Waals surface area contributed by atoms with Crippen LogP contribution in [0.1, 0.15) is 36.8 Å². The van der Waals surface area contributed by atoms with Gasteiger partial charge in [-0.15, -0.1) is 0 Å². The van der Waals surface area contributed by atoms with Crippen LogP contribution in [-0.4, -0.2) is 50.1 Å². The summed E-state index contributed by atoms with van der Waals surface area (Å²) in [6.45, 7) is 1.84. The fourth-order valence-corrected chi connectivity index (χ4v) is 5.71. The number of nitrogens with zero attached hydrogens (tertiary/aromatic N) is 1. The Labute approximate surface area is 138 Å². The van der Waals surface area contributed by atoms with E-state index in [1.165, 1.54) is 24.0 Å². The normalized spacial score (nSPS) is 25.5. The van der Waals surface area contributed by atoms with Crippen molar-refractivity contribution in [3.8, 4) is 5.75 Å². The smallest absolute Gasteiger partial charge is 0.151 e. The Morgan fingerprint density at radius 2 is 2.04 bits per heavy atom. The number of aryl methyl sites for hydroxylation is 1. The summed E-state index contributed by atoms with van der Waals surface area (Å²) in [5, 5.41) is 0. The first-order chi connectivity index (χ1) is 11.1. The first kappa shape index (κ1) is 15.5. The third-order valence-corrected chi connectivity index (χ3v) is 7.08. The van der Waals surface area contributed by atoms with Gasteiger partial charge in [0.05, 0.1) is 18.1 Å². The number of hydrogen-bond acceptors (Lipinski definition) is 4.